The van der Waals surface area contributed by atoms with Crippen LogP contribution in [0.2, 0.25) is 0 Å². The van der Waals surface area contributed by atoms with Crippen LogP contribution in [0, 0.1) is 10.6 Å². The zero-order valence-corrected chi connectivity index (χ0v) is 12.3. The zero-order valence-electron chi connectivity index (χ0n) is 11.4. The molecule has 1 N–H and O–H groups in total. The third kappa shape index (κ3) is 2.63. The van der Waals surface area contributed by atoms with Gasteiger partial charge in [0.05, 0.1) is 24.2 Å². The molecular formula is C14H18FN3OS. The van der Waals surface area contributed by atoms with Gasteiger partial charge in [0.2, 0.25) is 0 Å². The zero-order chi connectivity index (χ0) is 14.1. The number of ether oxygens (including phenoxy) is 1. The Kier molecular flexibility index (Phi) is 3.87. The molecule has 1 aliphatic rings. The number of fused-ring (bicyclic) bond motifs is 1. The van der Waals surface area contributed by atoms with E-state index in [1.807, 2.05) is 4.57 Å². The standard InChI is InChI=1S/C14H18FN3OS/c1-10(9-17-4-6-19-7-5-17)18-13-8-11(15)2-3-12(13)16-14(18)20/h2-3,8,10H,4-7,9H2,1H3,(H,16,20). The number of nitrogens with zero attached hydrogens (tertiary/aromatic N) is 2. The number of nitrogens with one attached hydrogen (secondary N) is 1. The van der Waals surface area contributed by atoms with Crippen molar-refractivity contribution in [1.29, 1.82) is 0 Å². The summed E-state index contributed by atoms with van der Waals surface area (Å²) < 4.78 is 21.5. The van der Waals surface area contributed by atoms with Crippen LogP contribution in [0.4, 0.5) is 4.39 Å². The van der Waals surface area contributed by atoms with Crippen LogP contribution < -0.4 is 0 Å². The molecule has 20 heavy (non-hydrogen) atoms. The van der Waals surface area contributed by atoms with Gasteiger partial charge in [-0.25, -0.2) is 4.39 Å². The highest BCUT2D eigenvalue weighted by Gasteiger charge is 2.17. The highest BCUT2D eigenvalue weighted by molar-refractivity contribution is 7.71. The van der Waals surface area contributed by atoms with Crippen LogP contribution in [0.15, 0.2) is 18.2 Å². The van der Waals surface area contributed by atoms with Crippen molar-refractivity contribution in [3.63, 3.8) is 0 Å². The molecule has 108 valence electrons. The normalized spacial score (nSPS) is 18.5. The maximum absolute atomic E-state index is 13.5. The summed E-state index contributed by atoms with van der Waals surface area (Å²) in [5.41, 5.74) is 1.71. The molecule has 1 saturated heterocycles. The second kappa shape index (κ2) is 5.63. The molecule has 1 fully saturated rings. The van der Waals surface area contributed by atoms with Gasteiger partial charge < -0.3 is 14.3 Å². The van der Waals surface area contributed by atoms with Crippen LogP contribution in [0.25, 0.3) is 11.0 Å². The fourth-order valence-corrected chi connectivity index (χ4v) is 3.16. The average molecular weight is 295 g/mol. The molecule has 2 heterocycles. The van der Waals surface area contributed by atoms with Crippen molar-refractivity contribution in [3.8, 4) is 0 Å². The van der Waals surface area contributed by atoms with Crippen LogP contribution >= 0.6 is 12.2 Å². The van der Waals surface area contributed by atoms with E-state index in [9.17, 15) is 4.39 Å². The number of H-pyrrole nitrogens is 1. The molecule has 4 nitrogen and oxygen atoms in total. The number of benzene rings is 1. The number of hydrogen-bond acceptors (Lipinski definition) is 3. The molecule has 0 aliphatic carbocycles. The fourth-order valence-electron chi connectivity index (χ4n) is 2.77. The van der Waals surface area contributed by atoms with Crippen LogP contribution in [0.5, 0.6) is 0 Å². The second-order valence-electron chi connectivity index (χ2n) is 5.22. The highest BCUT2D eigenvalue weighted by atomic mass is 32.1. The van der Waals surface area contributed by atoms with Crippen LogP contribution in [-0.4, -0.2) is 47.3 Å². The average Bonchev–Trinajstić information content (AvgIpc) is 2.75. The SMILES string of the molecule is CC(CN1CCOCC1)n1c(=S)[nH]c2ccc(F)cc21. The fraction of sp³-hybridized carbons (Fsp3) is 0.500. The summed E-state index contributed by atoms with van der Waals surface area (Å²) in [4.78, 5) is 5.50. The number of hydrogen-bond donors (Lipinski definition) is 1. The lowest BCUT2D eigenvalue weighted by Crippen LogP contribution is -2.39. The van der Waals surface area contributed by atoms with Crippen molar-refractivity contribution in [2.45, 2.75) is 13.0 Å². The molecule has 0 amide bonds. The summed E-state index contributed by atoms with van der Waals surface area (Å²) in [6.07, 6.45) is 0. The number of aromatic amines is 1. The summed E-state index contributed by atoms with van der Waals surface area (Å²) in [7, 11) is 0. The van der Waals surface area contributed by atoms with Gasteiger partial charge in [-0.15, -0.1) is 0 Å². The summed E-state index contributed by atoms with van der Waals surface area (Å²) in [5.74, 6) is -0.237. The lowest BCUT2D eigenvalue weighted by molar-refractivity contribution is 0.0327. The third-order valence-corrected chi connectivity index (χ3v) is 4.05. The molecule has 3 rings (SSSR count). The van der Waals surface area contributed by atoms with E-state index in [1.165, 1.54) is 12.1 Å². The van der Waals surface area contributed by atoms with Gasteiger partial charge in [-0.1, -0.05) is 0 Å². The van der Waals surface area contributed by atoms with Crippen molar-refractivity contribution in [3.05, 3.63) is 28.8 Å². The first-order chi connectivity index (χ1) is 9.65. The Morgan fingerprint density at radius 2 is 2.15 bits per heavy atom. The molecule has 0 bridgehead atoms. The minimum Gasteiger partial charge on any atom is -0.379 e. The largest absolute Gasteiger partial charge is 0.379 e. The van der Waals surface area contributed by atoms with Gasteiger partial charge in [0, 0.05) is 25.7 Å². The van der Waals surface area contributed by atoms with Gasteiger partial charge in [0.25, 0.3) is 0 Å². The Balaban J connectivity index is 1.90. The Hall–Kier alpha value is -1.24. The molecule has 1 aromatic carbocycles. The maximum Gasteiger partial charge on any atom is 0.178 e. The van der Waals surface area contributed by atoms with E-state index < -0.39 is 0 Å². The number of rotatable bonds is 3. The molecule has 0 spiro atoms. The molecule has 1 atom stereocenters. The van der Waals surface area contributed by atoms with E-state index in [-0.39, 0.29) is 11.9 Å². The van der Waals surface area contributed by atoms with E-state index in [4.69, 9.17) is 17.0 Å². The minimum absolute atomic E-state index is 0.191. The molecule has 1 unspecified atom stereocenters. The summed E-state index contributed by atoms with van der Waals surface area (Å²) in [6, 6.07) is 4.91. The van der Waals surface area contributed by atoms with Gasteiger partial charge >= 0.3 is 0 Å². The van der Waals surface area contributed by atoms with E-state index >= 15 is 0 Å². The Morgan fingerprint density at radius 1 is 1.40 bits per heavy atom. The first-order valence-corrected chi connectivity index (χ1v) is 7.26. The number of aromatic nitrogens is 2. The quantitative estimate of drug-likeness (QED) is 0.884. The summed E-state index contributed by atoms with van der Waals surface area (Å²) >= 11 is 5.38. The Bertz CT molecular complexity index is 660. The minimum atomic E-state index is -0.237. The van der Waals surface area contributed by atoms with Crippen LogP contribution in [0.1, 0.15) is 13.0 Å². The van der Waals surface area contributed by atoms with E-state index in [2.05, 4.69) is 16.8 Å². The van der Waals surface area contributed by atoms with Crippen molar-refractivity contribution < 1.29 is 9.13 Å². The van der Waals surface area contributed by atoms with Gasteiger partial charge in [-0.05, 0) is 37.3 Å². The lowest BCUT2D eigenvalue weighted by Gasteiger charge is -2.29. The van der Waals surface area contributed by atoms with Crippen molar-refractivity contribution in [2.24, 2.45) is 0 Å². The van der Waals surface area contributed by atoms with Gasteiger partial charge in [-0.2, -0.15) is 0 Å². The van der Waals surface area contributed by atoms with Gasteiger partial charge in [-0.3, -0.25) is 4.90 Å². The molecule has 1 aliphatic heterocycles. The maximum atomic E-state index is 13.5. The van der Waals surface area contributed by atoms with Crippen LogP contribution in [0.3, 0.4) is 0 Å². The smallest absolute Gasteiger partial charge is 0.178 e. The Morgan fingerprint density at radius 3 is 2.90 bits per heavy atom. The topological polar surface area (TPSA) is 33.2 Å². The molecule has 6 heteroatoms. The molecular weight excluding hydrogens is 277 g/mol. The first kappa shape index (κ1) is 13.7. The van der Waals surface area contributed by atoms with Gasteiger partial charge in [0.15, 0.2) is 4.77 Å². The predicted molar refractivity (Wildman–Crippen MR) is 79.1 cm³/mol. The molecule has 0 radical (unpaired) electrons. The molecule has 0 saturated carbocycles. The number of imidazole rings is 1. The molecule has 1 aromatic heterocycles. The summed E-state index contributed by atoms with van der Waals surface area (Å²) in [6.45, 7) is 6.44. The van der Waals surface area contributed by atoms with E-state index in [0.717, 1.165) is 43.9 Å². The summed E-state index contributed by atoms with van der Waals surface area (Å²) in [5, 5.41) is 0. The van der Waals surface area contributed by atoms with E-state index in [0.29, 0.717) is 4.77 Å². The van der Waals surface area contributed by atoms with Crippen molar-refractivity contribution in [2.75, 3.05) is 32.8 Å². The van der Waals surface area contributed by atoms with Crippen molar-refractivity contribution >= 4 is 23.3 Å². The monoisotopic (exact) mass is 295 g/mol. The third-order valence-electron chi connectivity index (χ3n) is 3.75. The number of morpholine rings is 1. The first-order valence-electron chi connectivity index (χ1n) is 6.85. The van der Waals surface area contributed by atoms with Gasteiger partial charge in [0.1, 0.15) is 5.82 Å². The Labute approximate surface area is 122 Å². The highest BCUT2D eigenvalue weighted by Crippen LogP contribution is 2.21. The van der Waals surface area contributed by atoms with E-state index in [1.54, 1.807) is 6.07 Å². The molecule has 2 aromatic rings. The number of halogens is 1. The van der Waals surface area contributed by atoms with Crippen LogP contribution in [-0.2, 0) is 4.74 Å². The lowest BCUT2D eigenvalue weighted by atomic mass is 10.2. The predicted octanol–water partition coefficient (Wildman–Crippen LogP) is 2.73. The second-order valence-corrected chi connectivity index (χ2v) is 5.61. The van der Waals surface area contributed by atoms with Crippen molar-refractivity contribution in [1.82, 2.24) is 14.5 Å².